The minimum absolute atomic E-state index is 0.0533. The minimum atomic E-state index is -4.93. The van der Waals surface area contributed by atoms with Crippen LogP contribution < -0.4 is 4.74 Å². The Bertz CT molecular complexity index is 692. The highest BCUT2D eigenvalue weighted by atomic mass is 19.4. The van der Waals surface area contributed by atoms with Gasteiger partial charge in [-0.05, 0) is 51.8 Å². The molecule has 4 nitrogen and oxygen atoms in total. The highest BCUT2D eigenvalue weighted by Crippen LogP contribution is 2.38. The van der Waals surface area contributed by atoms with Gasteiger partial charge in [0.1, 0.15) is 11.4 Å². The lowest BCUT2D eigenvalue weighted by molar-refractivity contribution is -0.143. The average molecular weight is 427 g/mol. The van der Waals surface area contributed by atoms with Gasteiger partial charge in [-0.2, -0.15) is 26.3 Å². The fourth-order valence-electron chi connectivity index (χ4n) is 2.92. The number of likely N-dealkylation sites (tertiary alicyclic amines) is 1. The lowest BCUT2D eigenvalue weighted by atomic mass is 9.99. The summed E-state index contributed by atoms with van der Waals surface area (Å²) in [5.74, 6) is -0.748. The molecule has 0 bridgehead atoms. The van der Waals surface area contributed by atoms with Crippen LogP contribution in [-0.2, 0) is 17.1 Å². The Hall–Kier alpha value is -2.13. The zero-order valence-corrected chi connectivity index (χ0v) is 16.3. The lowest BCUT2D eigenvalue weighted by Crippen LogP contribution is -2.44. The quantitative estimate of drug-likeness (QED) is 0.577. The average Bonchev–Trinajstić information content (AvgIpc) is 2.57. The summed E-state index contributed by atoms with van der Waals surface area (Å²) in [6.45, 7) is 5.77. The van der Waals surface area contributed by atoms with Crippen molar-refractivity contribution in [3.05, 3.63) is 29.3 Å². The maximum atomic E-state index is 12.9. The van der Waals surface area contributed by atoms with Crippen LogP contribution in [-0.4, -0.2) is 36.3 Å². The number of nitrogens with zero attached hydrogens (tertiary/aromatic N) is 1. The molecule has 10 heteroatoms. The van der Waals surface area contributed by atoms with E-state index in [9.17, 15) is 31.1 Å². The molecule has 0 aromatic heterocycles. The number of rotatable bonds is 3. The summed E-state index contributed by atoms with van der Waals surface area (Å²) in [6.07, 6.45) is -9.12. The number of halogens is 6. The molecule has 164 valence electrons. The lowest BCUT2D eigenvalue weighted by Gasteiger charge is -2.34. The molecule has 0 aliphatic carbocycles. The van der Waals surface area contributed by atoms with E-state index in [-0.39, 0.29) is 25.1 Å². The maximum Gasteiger partial charge on any atom is 0.416 e. The van der Waals surface area contributed by atoms with Gasteiger partial charge in [-0.25, -0.2) is 4.79 Å². The van der Waals surface area contributed by atoms with Crippen LogP contribution in [0.25, 0.3) is 0 Å². The van der Waals surface area contributed by atoms with E-state index in [1.165, 1.54) is 4.90 Å². The molecule has 0 saturated carbocycles. The van der Waals surface area contributed by atoms with E-state index in [2.05, 4.69) is 0 Å². The fraction of sp³-hybridized carbons (Fsp3) is 0.632. The fourth-order valence-corrected chi connectivity index (χ4v) is 2.92. The Labute approximate surface area is 164 Å². The van der Waals surface area contributed by atoms with E-state index < -0.39 is 40.9 Å². The van der Waals surface area contributed by atoms with E-state index in [1.807, 2.05) is 0 Å². The Balaban J connectivity index is 2.08. The first-order valence-corrected chi connectivity index (χ1v) is 9.05. The third-order valence-electron chi connectivity index (χ3n) is 4.22. The highest BCUT2D eigenvalue weighted by Gasteiger charge is 2.37. The van der Waals surface area contributed by atoms with Crippen molar-refractivity contribution in [1.29, 1.82) is 0 Å². The Morgan fingerprint density at radius 1 is 1.03 bits per heavy atom. The van der Waals surface area contributed by atoms with Crippen molar-refractivity contribution >= 4 is 6.09 Å². The predicted octanol–water partition coefficient (Wildman–Crippen LogP) is 5.75. The van der Waals surface area contributed by atoms with Gasteiger partial charge in [-0.15, -0.1) is 0 Å². The second kappa shape index (κ2) is 8.31. The molecule has 1 fully saturated rings. The van der Waals surface area contributed by atoms with Crippen LogP contribution in [0.4, 0.5) is 31.1 Å². The van der Waals surface area contributed by atoms with Crippen molar-refractivity contribution in [3.63, 3.8) is 0 Å². The molecular formula is C19H23F6NO3. The van der Waals surface area contributed by atoms with Crippen molar-refractivity contribution in [2.24, 2.45) is 5.92 Å². The number of hydrogen-bond donors (Lipinski definition) is 0. The Kier molecular flexibility index (Phi) is 6.64. The molecule has 1 aliphatic rings. The molecule has 0 radical (unpaired) electrons. The van der Waals surface area contributed by atoms with Crippen molar-refractivity contribution < 1.29 is 40.6 Å². The zero-order valence-electron chi connectivity index (χ0n) is 16.3. The first-order chi connectivity index (χ1) is 13.1. The molecular weight excluding hydrogens is 404 g/mol. The number of carbonyl (C=O) groups is 1. The van der Waals surface area contributed by atoms with Gasteiger partial charge in [0.25, 0.3) is 0 Å². The van der Waals surface area contributed by atoms with Crippen LogP contribution in [0, 0.1) is 5.92 Å². The van der Waals surface area contributed by atoms with Crippen LogP contribution in [0.2, 0.25) is 0 Å². The number of alkyl halides is 6. The van der Waals surface area contributed by atoms with Crippen molar-refractivity contribution in [1.82, 2.24) is 4.90 Å². The molecule has 1 saturated heterocycles. The van der Waals surface area contributed by atoms with Gasteiger partial charge in [0, 0.05) is 19.0 Å². The SMILES string of the molecule is CC(C)(C)OC(=O)N1CCCC(COc2cc(C(F)(F)F)cc(C(F)(F)F)c2)C1. The predicted molar refractivity (Wildman–Crippen MR) is 92.5 cm³/mol. The van der Waals surface area contributed by atoms with Crippen molar-refractivity contribution in [2.45, 2.75) is 51.6 Å². The number of benzene rings is 1. The van der Waals surface area contributed by atoms with Gasteiger partial charge in [0.15, 0.2) is 0 Å². The van der Waals surface area contributed by atoms with Crippen LogP contribution in [0.1, 0.15) is 44.7 Å². The summed E-state index contributed by atoms with van der Waals surface area (Å²) < 4.78 is 88.1. The monoisotopic (exact) mass is 427 g/mol. The van der Waals surface area contributed by atoms with E-state index in [0.717, 1.165) is 0 Å². The van der Waals surface area contributed by atoms with Gasteiger partial charge < -0.3 is 14.4 Å². The molecule has 1 aliphatic heterocycles. The Morgan fingerprint density at radius 3 is 2.07 bits per heavy atom. The molecule has 1 heterocycles. The third-order valence-corrected chi connectivity index (χ3v) is 4.22. The van der Waals surface area contributed by atoms with E-state index >= 15 is 0 Å². The van der Waals surface area contributed by atoms with Gasteiger partial charge >= 0.3 is 18.4 Å². The summed E-state index contributed by atoms with van der Waals surface area (Å²) in [5, 5.41) is 0. The second-order valence-electron chi connectivity index (χ2n) is 7.99. The number of carbonyl (C=O) groups excluding carboxylic acids is 1. The van der Waals surface area contributed by atoms with Crippen molar-refractivity contribution in [2.75, 3.05) is 19.7 Å². The molecule has 1 aromatic carbocycles. The summed E-state index contributed by atoms with van der Waals surface area (Å²) in [6, 6.07) is 1.14. The van der Waals surface area contributed by atoms with E-state index in [0.29, 0.717) is 31.5 Å². The summed E-state index contributed by atoms with van der Waals surface area (Å²) in [7, 11) is 0. The van der Waals surface area contributed by atoms with Gasteiger partial charge in [0.05, 0.1) is 17.7 Å². The number of ether oxygens (including phenoxy) is 2. The van der Waals surface area contributed by atoms with Gasteiger partial charge in [-0.1, -0.05) is 0 Å². The standard InChI is InChI=1S/C19H23F6NO3/c1-17(2,3)29-16(27)26-6-4-5-12(10-26)11-28-15-8-13(18(20,21)22)7-14(9-15)19(23,24)25/h7-9,12H,4-6,10-11H2,1-3H3. The first-order valence-electron chi connectivity index (χ1n) is 9.05. The summed E-state index contributed by atoms with van der Waals surface area (Å²) in [4.78, 5) is 13.6. The van der Waals surface area contributed by atoms with E-state index in [4.69, 9.17) is 9.47 Å². The summed E-state index contributed by atoms with van der Waals surface area (Å²) >= 11 is 0. The number of amides is 1. The molecule has 1 amide bonds. The molecule has 0 spiro atoms. The normalized spacial score (nSPS) is 18.5. The highest BCUT2D eigenvalue weighted by molar-refractivity contribution is 5.68. The molecule has 2 rings (SSSR count). The Morgan fingerprint density at radius 2 is 1.59 bits per heavy atom. The van der Waals surface area contributed by atoms with Crippen LogP contribution in [0.5, 0.6) is 5.75 Å². The van der Waals surface area contributed by atoms with Gasteiger partial charge in [0.2, 0.25) is 0 Å². The van der Waals surface area contributed by atoms with Crippen LogP contribution in [0.3, 0.4) is 0 Å². The van der Waals surface area contributed by atoms with Crippen LogP contribution in [0.15, 0.2) is 18.2 Å². The minimum Gasteiger partial charge on any atom is -0.493 e. The second-order valence-corrected chi connectivity index (χ2v) is 7.99. The smallest absolute Gasteiger partial charge is 0.416 e. The number of piperidine rings is 1. The number of hydrogen-bond acceptors (Lipinski definition) is 3. The van der Waals surface area contributed by atoms with E-state index in [1.54, 1.807) is 20.8 Å². The first kappa shape index (κ1) is 23.2. The molecule has 0 N–H and O–H groups in total. The third kappa shape index (κ3) is 7.01. The molecule has 29 heavy (non-hydrogen) atoms. The molecule has 1 unspecified atom stereocenters. The van der Waals surface area contributed by atoms with Crippen LogP contribution >= 0.6 is 0 Å². The maximum absolute atomic E-state index is 12.9. The zero-order chi connectivity index (χ0) is 22.0. The van der Waals surface area contributed by atoms with Crippen molar-refractivity contribution in [3.8, 4) is 5.75 Å². The molecule has 1 aromatic rings. The topological polar surface area (TPSA) is 38.8 Å². The van der Waals surface area contributed by atoms with Gasteiger partial charge in [-0.3, -0.25) is 0 Å². The largest absolute Gasteiger partial charge is 0.493 e. The summed E-state index contributed by atoms with van der Waals surface area (Å²) in [5.41, 5.74) is -3.53. The molecule has 1 atom stereocenters.